The summed E-state index contributed by atoms with van der Waals surface area (Å²) in [6.07, 6.45) is 1.56. The zero-order chi connectivity index (χ0) is 19.6. The maximum absolute atomic E-state index is 14.6. The molecule has 0 aromatic heterocycles. The highest BCUT2D eigenvalue weighted by molar-refractivity contribution is 5.72. The molecule has 1 nitrogen and oxygen atoms in total. The van der Waals surface area contributed by atoms with E-state index in [1.165, 1.54) is 43.5 Å². The fourth-order valence-electron chi connectivity index (χ4n) is 3.04. The van der Waals surface area contributed by atoms with E-state index < -0.39 is 23.3 Å². The van der Waals surface area contributed by atoms with Crippen molar-refractivity contribution in [2.24, 2.45) is 0 Å². The summed E-state index contributed by atoms with van der Waals surface area (Å²) in [4.78, 5) is 0. The van der Waals surface area contributed by atoms with Crippen LogP contribution in [0.25, 0.3) is 22.3 Å². The molecular weight excluding hydrogens is 356 g/mol. The van der Waals surface area contributed by atoms with E-state index in [0.717, 1.165) is 18.1 Å². The third kappa shape index (κ3) is 3.68. The summed E-state index contributed by atoms with van der Waals surface area (Å²) in [5.74, 6) is -3.62. The molecule has 0 saturated carbocycles. The van der Waals surface area contributed by atoms with Gasteiger partial charge in [0.15, 0.2) is 23.2 Å². The van der Waals surface area contributed by atoms with Crippen molar-refractivity contribution in [2.45, 2.75) is 19.8 Å². The fourth-order valence-corrected chi connectivity index (χ4v) is 3.04. The lowest BCUT2D eigenvalue weighted by molar-refractivity contribution is 0.386. The average Bonchev–Trinajstić information content (AvgIpc) is 2.65. The Morgan fingerprint density at radius 2 is 1.41 bits per heavy atom. The molecule has 0 heterocycles. The molecule has 140 valence electrons. The second-order valence-corrected chi connectivity index (χ2v) is 6.20. The van der Waals surface area contributed by atoms with E-state index in [9.17, 15) is 17.6 Å². The zero-order valence-electron chi connectivity index (χ0n) is 15.0. The van der Waals surface area contributed by atoms with Gasteiger partial charge in [0.25, 0.3) is 0 Å². The molecule has 0 saturated heterocycles. The number of hydrogen-bond acceptors (Lipinski definition) is 1. The number of rotatable bonds is 5. The first-order chi connectivity index (χ1) is 13.0. The quantitative estimate of drug-likeness (QED) is 0.461. The largest absolute Gasteiger partial charge is 0.494 e. The van der Waals surface area contributed by atoms with Gasteiger partial charge in [-0.25, -0.2) is 17.6 Å². The Morgan fingerprint density at radius 3 is 2.04 bits per heavy atom. The minimum Gasteiger partial charge on any atom is -0.494 e. The number of benzene rings is 3. The Hall–Kier alpha value is -2.82. The monoisotopic (exact) mass is 374 g/mol. The summed E-state index contributed by atoms with van der Waals surface area (Å²) in [5.41, 5.74) is 0.658. The molecule has 0 N–H and O–H groups in total. The fraction of sp³-hybridized carbons (Fsp3) is 0.182. The third-order valence-corrected chi connectivity index (χ3v) is 4.41. The summed E-state index contributed by atoms with van der Waals surface area (Å²) in [6.45, 7) is 1.97. The van der Waals surface area contributed by atoms with Gasteiger partial charge in [-0.3, -0.25) is 0 Å². The molecule has 0 atom stereocenters. The molecule has 3 aromatic rings. The van der Waals surface area contributed by atoms with Crippen molar-refractivity contribution in [3.05, 3.63) is 77.4 Å². The van der Waals surface area contributed by atoms with Gasteiger partial charge in [0.05, 0.1) is 7.11 Å². The van der Waals surface area contributed by atoms with E-state index in [2.05, 4.69) is 0 Å². The summed E-state index contributed by atoms with van der Waals surface area (Å²) < 4.78 is 62.4. The Labute approximate surface area is 155 Å². The standard InChI is InChI=1S/C22H18F4O/c1-3-4-13-5-7-16(18(23)11-13)17-9-8-15(21(25)22(17)26)14-6-10-20(27-2)19(24)12-14/h5-12H,3-4H2,1-2H3. The molecule has 27 heavy (non-hydrogen) atoms. The van der Waals surface area contributed by atoms with Crippen LogP contribution in [0.3, 0.4) is 0 Å². The number of aryl methyl sites for hydroxylation is 1. The van der Waals surface area contributed by atoms with Crippen LogP contribution in [0.4, 0.5) is 17.6 Å². The average molecular weight is 374 g/mol. The van der Waals surface area contributed by atoms with Gasteiger partial charge in [-0.05, 0) is 35.7 Å². The van der Waals surface area contributed by atoms with Crippen LogP contribution in [-0.4, -0.2) is 7.11 Å². The maximum Gasteiger partial charge on any atom is 0.167 e. The maximum atomic E-state index is 14.6. The second-order valence-electron chi connectivity index (χ2n) is 6.20. The number of methoxy groups -OCH3 is 1. The van der Waals surface area contributed by atoms with Crippen LogP contribution in [0.2, 0.25) is 0 Å². The highest BCUT2D eigenvalue weighted by Gasteiger charge is 2.19. The lowest BCUT2D eigenvalue weighted by atomic mass is 9.97. The first-order valence-electron chi connectivity index (χ1n) is 8.57. The van der Waals surface area contributed by atoms with Crippen molar-refractivity contribution in [2.75, 3.05) is 7.11 Å². The molecule has 3 rings (SSSR count). The predicted octanol–water partition coefficient (Wildman–Crippen LogP) is 6.54. The van der Waals surface area contributed by atoms with Gasteiger partial charge in [-0.2, -0.15) is 0 Å². The van der Waals surface area contributed by atoms with E-state index in [0.29, 0.717) is 6.42 Å². The predicted molar refractivity (Wildman–Crippen MR) is 97.7 cm³/mol. The van der Waals surface area contributed by atoms with Gasteiger partial charge >= 0.3 is 0 Å². The highest BCUT2D eigenvalue weighted by Crippen LogP contribution is 2.34. The summed E-state index contributed by atoms with van der Waals surface area (Å²) in [6, 6.07) is 10.9. The molecule has 0 bridgehead atoms. The van der Waals surface area contributed by atoms with E-state index in [-0.39, 0.29) is 28.0 Å². The van der Waals surface area contributed by atoms with Crippen molar-refractivity contribution >= 4 is 0 Å². The summed E-state index contributed by atoms with van der Waals surface area (Å²) >= 11 is 0. The van der Waals surface area contributed by atoms with Crippen molar-refractivity contribution in [1.82, 2.24) is 0 Å². The van der Waals surface area contributed by atoms with Gasteiger partial charge in [-0.1, -0.05) is 43.7 Å². The number of ether oxygens (including phenoxy) is 1. The molecule has 3 aromatic carbocycles. The highest BCUT2D eigenvalue weighted by atomic mass is 19.2. The lowest BCUT2D eigenvalue weighted by Gasteiger charge is -2.11. The van der Waals surface area contributed by atoms with Crippen LogP contribution < -0.4 is 4.74 Å². The molecule has 0 unspecified atom stereocenters. The first kappa shape index (κ1) is 19.0. The SMILES string of the molecule is CCCc1ccc(-c2ccc(-c3ccc(OC)c(F)c3)c(F)c2F)c(F)c1. The second kappa shape index (κ2) is 7.82. The normalized spacial score (nSPS) is 10.9. The number of halogens is 4. The van der Waals surface area contributed by atoms with Crippen molar-refractivity contribution in [3.63, 3.8) is 0 Å². The Morgan fingerprint density at radius 1 is 0.741 bits per heavy atom. The van der Waals surface area contributed by atoms with Crippen molar-refractivity contribution in [3.8, 4) is 28.0 Å². The molecule has 0 spiro atoms. The molecule has 0 fully saturated rings. The molecular formula is C22H18F4O. The molecule has 0 aliphatic carbocycles. The molecule has 0 aliphatic rings. The van der Waals surface area contributed by atoms with Crippen LogP contribution in [0.1, 0.15) is 18.9 Å². The van der Waals surface area contributed by atoms with Gasteiger partial charge in [-0.15, -0.1) is 0 Å². The van der Waals surface area contributed by atoms with Crippen molar-refractivity contribution < 1.29 is 22.3 Å². The minimum absolute atomic E-state index is 0.00508. The van der Waals surface area contributed by atoms with Gasteiger partial charge in [0.1, 0.15) is 5.82 Å². The van der Waals surface area contributed by atoms with Crippen LogP contribution in [-0.2, 0) is 6.42 Å². The topological polar surface area (TPSA) is 9.23 Å². The van der Waals surface area contributed by atoms with Gasteiger partial charge in [0.2, 0.25) is 0 Å². The summed E-state index contributed by atoms with van der Waals surface area (Å²) in [7, 11) is 1.31. The Balaban J connectivity index is 2.04. The molecule has 5 heteroatoms. The van der Waals surface area contributed by atoms with Crippen LogP contribution in [0.5, 0.6) is 5.75 Å². The van der Waals surface area contributed by atoms with Crippen LogP contribution in [0.15, 0.2) is 48.5 Å². The van der Waals surface area contributed by atoms with Crippen LogP contribution in [0, 0.1) is 23.3 Å². The lowest BCUT2D eigenvalue weighted by Crippen LogP contribution is -1.97. The third-order valence-electron chi connectivity index (χ3n) is 4.41. The summed E-state index contributed by atoms with van der Waals surface area (Å²) in [5, 5.41) is 0. The molecule has 0 radical (unpaired) electrons. The first-order valence-corrected chi connectivity index (χ1v) is 8.57. The smallest absolute Gasteiger partial charge is 0.167 e. The Bertz CT molecular complexity index is 982. The van der Waals surface area contributed by atoms with Gasteiger partial charge in [0, 0.05) is 16.7 Å². The van der Waals surface area contributed by atoms with Crippen molar-refractivity contribution in [1.29, 1.82) is 0 Å². The number of hydrogen-bond donors (Lipinski definition) is 0. The Kier molecular flexibility index (Phi) is 5.49. The van der Waals surface area contributed by atoms with E-state index >= 15 is 0 Å². The zero-order valence-corrected chi connectivity index (χ0v) is 15.0. The molecule has 0 aliphatic heterocycles. The van der Waals surface area contributed by atoms with Gasteiger partial charge < -0.3 is 4.74 Å². The van der Waals surface area contributed by atoms with E-state index in [1.54, 1.807) is 6.07 Å². The van der Waals surface area contributed by atoms with Crippen LogP contribution >= 0.6 is 0 Å². The minimum atomic E-state index is -1.18. The van der Waals surface area contributed by atoms with E-state index in [4.69, 9.17) is 4.74 Å². The van der Waals surface area contributed by atoms with E-state index in [1.807, 2.05) is 6.92 Å². The molecule has 0 amide bonds.